The SMILES string of the molecule is CCn1cc(S(=O)(=O)Nc2ccc(Br)cc2C)cc1CO. The van der Waals surface area contributed by atoms with Gasteiger partial charge in [0.15, 0.2) is 0 Å². The highest BCUT2D eigenvalue weighted by atomic mass is 79.9. The number of aliphatic hydroxyl groups excluding tert-OH is 1. The first-order valence-electron chi connectivity index (χ1n) is 6.46. The normalized spacial score (nSPS) is 11.6. The standard InChI is InChI=1S/C14H17BrN2O3S/c1-3-17-8-13(7-12(17)9-18)21(19,20)16-14-5-4-11(15)6-10(14)2/h4-8,16,18H,3,9H2,1-2H3. The van der Waals surface area contributed by atoms with Gasteiger partial charge in [0.25, 0.3) is 10.0 Å². The summed E-state index contributed by atoms with van der Waals surface area (Å²) in [5, 5.41) is 9.25. The molecular formula is C14H17BrN2O3S. The van der Waals surface area contributed by atoms with Crippen molar-refractivity contribution < 1.29 is 13.5 Å². The summed E-state index contributed by atoms with van der Waals surface area (Å²) in [6, 6.07) is 6.82. The Bertz CT molecular complexity index is 732. The molecule has 0 saturated heterocycles. The molecule has 0 unspecified atom stereocenters. The van der Waals surface area contributed by atoms with Crippen molar-refractivity contribution in [1.82, 2.24) is 4.57 Å². The fourth-order valence-corrected chi connectivity index (χ4v) is 3.71. The number of rotatable bonds is 5. The molecule has 0 aliphatic heterocycles. The smallest absolute Gasteiger partial charge is 0.263 e. The topological polar surface area (TPSA) is 71.3 Å². The molecule has 2 rings (SSSR count). The number of aliphatic hydroxyl groups is 1. The molecule has 2 aromatic rings. The predicted molar refractivity (Wildman–Crippen MR) is 85.7 cm³/mol. The predicted octanol–water partition coefficient (Wildman–Crippen LogP) is 2.87. The molecule has 0 aliphatic carbocycles. The summed E-state index contributed by atoms with van der Waals surface area (Å²) in [4.78, 5) is 0.149. The lowest BCUT2D eigenvalue weighted by atomic mass is 10.2. The third-order valence-corrected chi connectivity index (χ3v) is 5.03. The van der Waals surface area contributed by atoms with Crippen LogP contribution in [0, 0.1) is 6.92 Å². The summed E-state index contributed by atoms with van der Waals surface area (Å²) in [7, 11) is -3.67. The van der Waals surface area contributed by atoms with E-state index in [2.05, 4.69) is 20.7 Å². The summed E-state index contributed by atoms with van der Waals surface area (Å²) in [5.41, 5.74) is 1.93. The Kier molecular flexibility index (Phi) is 4.75. The van der Waals surface area contributed by atoms with Crippen molar-refractivity contribution >= 4 is 31.6 Å². The van der Waals surface area contributed by atoms with Crippen molar-refractivity contribution in [3.8, 4) is 0 Å². The molecule has 0 saturated carbocycles. The van der Waals surface area contributed by atoms with E-state index < -0.39 is 10.0 Å². The van der Waals surface area contributed by atoms with E-state index in [1.165, 1.54) is 12.3 Å². The average molecular weight is 373 g/mol. The number of benzene rings is 1. The Labute approximate surface area is 132 Å². The van der Waals surface area contributed by atoms with E-state index in [4.69, 9.17) is 0 Å². The summed E-state index contributed by atoms with van der Waals surface area (Å²) in [6.45, 7) is 4.13. The van der Waals surface area contributed by atoms with Crippen LogP contribution >= 0.6 is 15.9 Å². The molecule has 1 heterocycles. The van der Waals surface area contributed by atoms with Gasteiger partial charge in [-0.15, -0.1) is 0 Å². The van der Waals surface area contributed by atoms with Gasteiger partial charge >= 0.3 is 0 Å². The molecule has 0 amide bonds. The van der Waals surface area contributed by atoms with Crippen molar-refractivity contribution in [2.24, 2.45) is 0 Å². The number of sulfonamides is 1. The van der Waals surface area contributed by atoms with Gasteiger partial charge in [0.2, 0.25) is 0 Å². The highest BCUT2D eigenvalue weighted by molar-refractivity contribution is 9.10. The molecule has 21 heavy (non-hydrogen) atoms. The highest BCUT2D eigenvalue weighted by Crippen LogP contribution is 2.24. The minimum Gasteiger partial charge on any atom is -0.390 e. The lowest BCUT2D eigenvalue weighted by Gasteiger charge is -2.09. The third-order valence-electron chi connectivity index (χ3n) is 3.21. The zero-order chi connectivity index (χ0) is 15.6. The Morgan fingerprint density at radius 3 is 2.57 bits per heavy atom. The van der Waals surface area contributed by atoms with Gasteiger partial charge in [-0.3, -0.25) is 4.72 Å². The lowest BCUT2D eigenvalue weighted by molar-refractivity contribution is 0.271. The average Bonchev–Trinajstić information content (AvgIpc) is 2.86. The molecule has 1 aromatic heterocycles. The maximum Gasteiger partial charge on any atom is 0.263 e. The molecule has 0 radical (unpaired) electrons. The molecule has 114 valence electrons. The second-order valence-corrected chi connectivity index (χ2v) is 7.27. The monoisotopic (exact) mass is 372 g/mol. The van der Waals surface area contributed by atoms with Crippen LogP contribution in [-0.4, -0.2) is 18.1 Å². The molecule has 0 spiro atoms. The van der Waals surface area contributed by atoms with Gasteiger partial charge in [0.1, 0.15) is 4.90 Å². The van der Waals surface area contributed by atoms with Gasteiger partial charge in [-0.2, -0.15) is 0 Å². The Hall–Kier alpha value is -1.31. The number of hydrogen-bond acceptors (Lipinski definition) is 3. The highest BCUT2D eigenvalue weighted by Gasteiger charge is 2.18. The molecule has 0 fully saturated rings. The minimum atomic E-state index is -3.67. The van der Waals surface area contributed by atoms with Gasteiger partial charge in [-0.1, -0.05) is 15.9 Å². The van der Waals surface area contributed by atoms with Crippen LogP contribution < -0.4 is 4.72 Å². The first-order chi connectivity index (χ1) is 9.87. The maximum atomic E-state index is 12.4. The number of nitrogens with one attached hydrogen (secondary N) is 1. The summed E-state index contributed by atoms with van der Waals surface area (Å²) >= 11 is 3.34. The quantitative estimate of drug-likeness (QED) is 0.847. The molecule has 0 aliphatic rings. The van der Waals surface area contributed by atoms with Gasteiger partial charge in [-0.05, 0) is 43.7 Å². The summed E-state index contributed by atoms with van der Waals surface area (Å²) < 4.78 is 30.0. The van der Waals surface area contributed by atoms with Crippen molar-refractivity contribution in [2.45, 2.75) is 31.9 Å². The Morgan fingerprint density at radius 1 is 1.33 bits per heavy atom. The van der Waals surface area contributed by atoms with Gasteiger partial charge < -0.3 is 9.67 Å². The first-order valence-corrected chi connectivity index (χ1v) is 8.74. The number of aryl methyl sites for hydroxylation is 2. The van der Waals surface area contributed by atoms with E-state index in [0.29, 0.717) is 17.9 Å². The number of anilines is 1. The summed E-state index contributed by atoms with van der Waals surface area (Å²) in [6.07, 6.45) is 1.53. The van der Waals surface area contributed by atoms with Crippen LogP contribution in [0.15, 0.2) is 39.8 Å². The van der Waals surface area contributed by atoms with Crippen molar-refractivity contribution in [3.05, 3.63) is 46.2 Å². The van der Waals surface area contributed by atoms with Crippen molar-refractivity contribution in [2.75, 3.05) is 4.72 Å². The van der Waals surface area contributed by atoms with E-state index in [1.54, 1.807) is 16.7 Å². The number of nitrogens with zero attached hydrogens (tertiary/aromatic N) is 1. The first kappa shape index (κ1) is 16.1. The molecule has 0 atom stereocenters. The molecule has 0 bridgehead atoms. The molecule has 7 heteroatoms. The zero-order valence-corrected chi connectivity index (χ0v) is 14.2. The second-order valence-electron chi connectivity index (χ2n) is 4.68. The van der Waals surface area contributed by atoms with Crippen LogP contribution in [0.3, 0.4) is 0 Å². The van der Waals surface area contributed by atoms with Gasteiger partial charge in [-0.25, -0.2) is 8.42 Å². The van der Waals surface area contributed by atoms with Crippen molar-refractivity contribution in [3.63, 3.8) is 0 Å². The molecule has 5 nitrogen and oxygen atoms in total. The summed E-state index contributed by atoms with van der Waals surface area (Å²) in [5.74, 6) is 0. The minimum absolute atomic E-state index is 0.149. The van der Waals surface area contributed by atoms with E-state index in [1.807, 2.05) is 19.9 Å². The second kappa shape index (κ2) is 6.21. The van der Waals surface area contributed by atoms with Crippen LogP contribution in [0.4, 0.5) is 5.69 Å². The van der Waals surface area contributed by atoms with Crippen LogP contribution in [0.2, 0.25) is 0 Å². The Balaban J connectivity index is 2.36. The number of halogens is 1. The van der Waals surface area contributed by atoms with Crippen LogP contribution in [0.5, 0.6) is 0 Å². The van der Waals surface area contributed by atoms with E-state index in [-0.39, 0.29) is 11.5 Å². The van der Waals surface area contributed by atoms with Gasteiger partial charge in [0, 0.05) is 22.9 Å². The largest absolute Gasteiger partial charge is 0.390 e. The van der Waals surface area contributed by atoms with Crippen LogP contribution in [-0.2, 0) is 23.2 Å². The molecular weight excluding hydrogens is 356 g/mol. The fraction of sp³-hybridized carbons (Fsp3) is 0.286. The molecule has 1 aromatic carbocycles. The van der Waals surface area contributed by atoms with Gasteiger partial charge in [0.05, 0.1) is 12.3 Å². The lowest BCUT2D eigenvalue weighted by Crippen LogP contribution is -2.13. The maximum absolute atomic E-state index is 12.4. The van der Waals surface area contributed by atoms with E-state index >= 15 is 0 Å². The number of aromatic nitrogens is 1. The van der Waals surface area contributed by atoms with Crippen LogP contribution in [0.1, 0.15) is 18.2 Å². The fourth-order valence-electron chi connectivity index (χ4n) is 2.04. The Morgan fingerprint density at radius 2 is 2.05 bits per heavy atom. The van der Waals surface area contributed by atoms with E-state index in [9.17, 15) is 13.5 Å². The van der Waals surface area contributed by atoms with E-state index in [0.717, 1.165) is 10.0 Å². The molecule has 2 N–H and O–H groups in total. The third kappa shape index (κ3) is 3.48. The van der Waals surface area contributed by atoms with Crippen molar-refractivity contribution in [1.29, 1.82) is 0 Å². The number of hydrogen-bond donors (Lipinski definition) is 2. The zero-order valence-electron chi connectivity index (χ0n) is 11.8. The van der Waals surface area contributed by atoms with Crippen LogP contribution in [0.25, 0.3) is 0 Å².